The lowest BCUT2D eigenvalue weighted by molar-refractivity contribution is -0.118. The fourth-order valence-corrected chi connectivity index (χ4v) is 4.92. The molecule has 1 saturated heterocycles. The maximum absolute atomic E-state index is 13.2. The van der Waals surface area contributed by atoms with Crippen molar-refractivity contribution in [3.8, 4) is 0 Å². The summed E-state index contributed by atoms with van der Waals surface area (Å²) in [5, 5.41) is 0. The number of carbonyl (C=O) groups excluding carboxylic acids is 2. The van der Waals surface area contributed by atoms with Crippen LogP contribution in [-0.4, -0.2) is 65.3 Å². The second kappa shape index (κ2) is 8.65. The molecule has 0 bridgehead atoms. The Morgan fingerprint density at radius 2 is 1.84 bits per heavy atom. The zero-order valence-corrected chi connectivity index (χ0v) is 18.8. The van der Waals surface area contributed by atoms with Gasteiger partial charge in [-0.25, -0.2) is 9.97 Å². The topological polar surface area (TPSA) is 69.6 Å². The molecule has 2 aromatic rings. The van der Waals surface area contributed by atoms with Gasteiger partial charge in [0.1, 0.15) is 11.6 Å². The van der Waals surface area contributed by atoms with E-state index in [0.717, 1.165) is 68.1 Å². The number of carbonyl (C=O) groups is 2. The number of anilines is 1. The van der Waals surface area contributed by atoms with E-state index in [1.54, 1.807) is 4.90 Å². The summed E-state index contributed by atoms with van der Waals surface area (Å²) in [4.78, 5) is 39.3. The molecule has 7 nitrogen and oxygen atoms in total. The van der Waals surface area contributed by atoms with Crippen molar-refractivity contribution in [3.63, 3.8) is 0 Å². The molecule has 1 unspecified atom stereocenters. The van der Waals surface area contributed by atoms with Crippen molar-refractivity contribution in [2.75, 3.05) is 32.1 Å². The van der Waals surface area contributed by atoms with Gasteiger partial charge in [-0.05, 0) is 62.8 Å². The lowest BCUT2D eigenvalue weighted by Gasteiger charge is -2.37. The van der Waals surface area contributed by atoms with Crippen molar-refractivity contribution in [2.45, 2.75) is 51.6 Å². The minimum atomic E-state index is 0.0504. The quantitative estimate of drug-likeness (QED) is 0.695. The largest absolute Gasteiger partial charge is 0.356 e. The van der Waals surface area contributed by atoms with Crippen LogP contribution in [0.1, 0.15) is 58.3 Å². The van der Waals surface area contributed by atoms with E-state index in [9.17, 15) is 9.59 Å². The van der Waals surface area contributed by atoms with Gasteiger partial charge in [0.25, 0.3) is 5.91 Å². The third-order valence-corrected chi connectivity index (χ3v) is 6.71. The number of fused-ring (bicyclic) bond motifs is 1. The molecule has 1 aromatic carbocycles. The molecule has 164 valence electrons. The van der Waals surface area contributed by atoms with Gasteiger partial charge in [0.15, 0.2) is 0 Å². The van der Waals surface area contributed by atoms with Crippen molar-refractivity contribution in [3.05, 3.63) is 52.5 Å². The van der Waals surface area contributed by atoms with E-state index in [2.05, 4.69) is 20.9 Å². The number of piperidine rings is 1. The van der Waals surface area contributed by atoms with E-state index >= 15 is 0 Å². The van der Waals surface area contributed by atoms with Crippen LogP contribution < -0.4 is 4.90 Å². The summed E-state index contributed by atoms with van der Waals surface area (Å²) in [5.41, 5.74) is 4.03. The molecule has 1 aliphatic carbocycles. The summed E-state index contributed by atoms with van der Waals surface area (Å²) in [7, 11) is 3.71. The molecule has 1 aromatic heterocycles. The molecule has 2 heterocycles. The minimum absolute atomic E-state index is 0.0504. The van der Waals surface area contributed by atoms with Gasteiger partial charge in [0.2, 0.25) is 6.41 Å². The highest BCUT2D eigenvalue weighted by atomic mass is 16.2. The number of nitrogens with zero attached hydrogens (tertiary/aromatic N) is 5. The molecule has 4 rings (SSSR count). The maximum Gasteiger partial charge on any atom is 0.253 e. The van der Waals surface area contributed by atoms with Gasteiger partial charge in [-0.15, -0.1) is 0 Å². The van der Waals surface area contributed by atoms with E-state index in [-0.39, 0.29) is 18.0 Å². The molecule has 0 N–H and O–H groups in total. The standard InChI is InChI=1S/C24H31N5O2/c1-16-13-23(26-17(2)25-16)29-11-9-20(10-12-29)28(4)24(31)19-6-5-18-7-8-22(21(18)14-19)27(3)15-30/h5-6,13-15,20,22H,7-12H2,1-4H3. The molecule has 0 saturated carbocycles. The highest BCUT2D eigenvalue weighted by Crippen LogP contribution is 2.35. The van der Waals surface area contributed by atoms with Crippen LogP contribution in [0.15, 0.2) is 24.3 Å². The zero-order chi connectivity index (χ0) is 22.1. The predicted molar refractivity (Wildman–Crippen MR) is 120 cm³/mol. The lowest BCUT2D eigenvalue weighted by atomic mass is 10.00. The fraction of sp³-hybridized carbons (Fsp3) is 0.500. The molecule has 1 atom stereocenters. The third kappa shape index (κ3) is 4.27. The monoisotopic (exact) mass is 421 g/mol. The smallest absolute Gasteiger partial charge is 0.253 e. The number of aryl methyl sites for hydroxylation is 3. The summed E-state index contributed by atoms with van der Waals surface area (Å²) in [6, 6.07) is 8.27. The van der Waals surface area contributed by atoms with Gasteiger partial charge in [-0.2, -0.15) is 0 Å². The predicted octanol–water partition coefficient (Wildman–Crippen LogP) is 2.91. The first kappa shape index (κ1) is 21.3. The van der Waals surface area contributed by atoms with Crippen molar-refractivity contribution in [1.82, 2.24) is 19.8 Å². The van der Waals surface area contributed by atoms with Crippen LogP contribution in [0.3, 0.4) is 0 Å². The zero-order valence-electron chi connectivity index (χ0n) is 18.8. The van der Waals surface area contributed by atoms with Gasteiger partial charge in [-0.1, -0.05) is 6.07 Å². The van der Waals surface area contributed by atoms with Crippen LogP contribution in [0.25, 0.3) is 0 Å². The fourth-order valence-electron chi connectivity index (χ4n) is 4.92. The van der Waals surface area contributed by atoms with Crippen LogP contribution in [0, 0.1) is 13.8 Å². The highest BCUT2D eigenvalue weighted by Gasteiger charge is 2.29. The van der Waals surface area contributed by atoms with Crippen LogP contribution in [0.5, 0.6) is 0 Å². The number of hydrogen-bond donors (Lipinski definition) is 0. The lowest BCUT2D eigenvalue weighted by Crippen LogP contribution is -2.46. The highest BCUT2D eigenvalue weighted by molar-refractivity contribution is 5.94. The molecule has 1 aliphatic heterocycles. The molecule has 2 aliphatic rings. The van der Waals surface area contributed by atoms with E-state index < -0.39 is 0 Å². The number of hydrogen-bond acceptors (Lipinski definition) is 5. The first-order valence-corrected chi connectivity index (χ1v) is 11.0. The van der Waals surface area contributed by atoms with Crippen molar-refractivity contribution in [1.29, 1.82) is 0 Å². The Labute approximate surface area is 184 Å². The van der Waals surface area contributed by atoms with Crippen LogP contribution in [0.4, 0.5) is 5.82 Å². The summed E-state index contributed by atoms with van der Waals surface area (Å²) in [6.45, 7) is 5.65. The molecule has 2 amide bonds. The Bertz CT molecular complexity index is 964. The van der Waals surface area contributed by atoms with E-state index in [1.807, 2.05) is 51.0 Å². The van der Waals surface area contributed by atoms with Gasteiger partial charge >= 0.3 is 0 Å². The van der Waals surface area contributed by atoms with Crippen LogP contribution in [-0.2, 0) is 11.2 Å². The number of aromatic nitrogens is 2. The Kier molecular flexibility index (Phi) is 5.94. The molecular weight excluding hydrogens is 390 g/mol. The van der Waals surface area contributed by atoms with Crippen LogP contribution >= 0.6 is 0 Å². The van der Waals surface area contributed by atoms with E-state index in [4.69, 9.17) is 0 Å². The van der Waals surface area contributed by atoms with Crippen LogP contribution in [0.2, 0.25) is 0 Å². The van der Waals surface area contributed by atoms with E-state index in [1.165, 1.54) is 5.56 Å². The van der Waals surface area contributed by atoms with Gasteiger partial charge in [0, 0.05) is 50.6 Å². The summed E-state index contributed by atoms with van der Waals surface area (Å²) < 4.78 is 0. The average molecular weight is 422 g/mol. The van der Waals surface area contributed by atoms with Gasteiger partial charge < -0.3 is 14.7 Å². The minimum Gasteiger partial charge on any atom is -0.356 e. The Morgan fingerprint density at radius 3 is 2.52 bits per heavy atom. The van der Waals surface area contributed by atoms with Gasteiger partial charge in [0.05, 0.1) is 6.04 Å². The number of rotatable bonds is 5. The second-order valence-corrected chi connectivity index (χ2v) is 8.79. The molecule has 0 radical (unpaired) electrons. The Balaban J connectivity index is 1.43. The first-order chi connectivity index (χ1) is 14.9. The molecule has 0 spiro atoms. The summed E-state index contributed by atoms with van der Waals surface area (Å²) in [6.07, 6.45) is 4.55. The van der Waals surface area contributed by atoms with Crippen molar-refractivity contribution >= 4 is 18.1 Å². The summed E-state index contributed by atoms with van der Waals surface area (Å²) >= 11 is 0. The number of amides is 2. The average Bonchev–Trinajstić information content (AvgIpc) is 3.20. The second-order valence-electron chi connectivity index (χ2n) is 8.79. The SMILES string of the molecule is Cc1cc(N2CCC(N(C)C(=O)c3ccc4c(c3)C(N(C)C=O)CC4)CC2)nc(C)n1. The maximum atomic E-state index is 13.2. The molecule has 31 heavy (non-hydrogen) atoms. The summed E-state index contributed by atoms with van der Waals surface area (Å²) in [5.74, 6) is 1.82. The normalized spacial score (nSPS) is 18.6. The van der Waals surface area contributed by atoms with Crippen molar-refractivity contribution in [2.24, 2.45) is 0 Å². The van der Waals surface area contributed by atoms with Crippen molar-refractivity contribution < 1.29 is 9.59 Å². The Hall–Kier alpha value is -2.96. The molecule has 1 fully saturated rings. The third-order valence-electron chi connectivity index (χ3n) is 6.71. The van der Waals surface area contributed by atoms with Gasteiger partial charge in [-0.3, -0.25) is 9.59 Å². The molecular formula is C24H31N5O2. The van der Waals surface area contributed by atoms with E-state index in [0.29, 0.717) is 5.56 Å². The molecule has 7 heteroatoms. The number of benzene rings is 1. The Morgan fingerprint density at radius 1 is 1.10 bits per heavy atom. The first-order valence-electron chi connectivity index (χ1n) is 11.0.